The highest BCUT2D eigenvalue weighted by Gasteiger charge is 2.48. The van der Waals surface area contributed by atoms with Gasteiger partial charge >= 0.3 is 0 Å². The number of nitrogens with zero attached hydrogens (tertiary/aromatic N) is 2. The number of carbonyl (C=O) groups excluding carboxylic acids is 2. The van der Waals surface area contributed by atoms with Crippen LogP contribution in [0.2, 0.25) is 0 Å². The molecule has 5 rings (SSSR count). The number of nitrogens with one attached hydrogen (secondary N) is 1. The van der Waals surface area contributed by atoms with Crippen LogP contribution < -0.4 is 10.1 Å². The lowest BCUT2D eigenvalue weighted by molar-refractivity contribution is -0.133. The average Bonchev–Trinajstić information content (AvgIpc) is 3.49. The summed E-state index contributed by atoms with van der Waals surface area (Å²) in [6.07, 6.45) is 8.88. The van der Waals surface area contributed by atoms with E-state index in [1.54, 1.807) is 18.3 Å². The van der Waals surface area contributed by atoms with E-state index in [4.69, 9.17) is 9.15 Å². The number of hydrogen-bond acceptors (Lipinski definition) is 4. The van der Waals surface area contributed by atoms with Gasteiger partial charge in [-0.2, -0.15) is 0 Å². The fraction of sp³-hybridized carbons (Fsp3) is 0.448. The number of hydrogen-bond donors (Lipinski definition) is 1. The number of amides is 2. The highest BCUT2D eigenvalue weighted by atomic mass is 16.5. The number of methoxy groups -OCH3 is 1. The van der Waals surface area contributed by atoms with Gasteiger partial charge in [-0.3, -0.25) is 9.59 Å². The van der Waals surface area contributed by atoms with Crippen LogP contribution in [0, 0.1) is 0 Å². The fourth-order valence-corrected chi connectivity index (χ4v) is 5.67. The Labute approximate surface area is 212 Å². The predicted molar refractivity (Wildman–Crippen MR) is 138 cm³/mol. The summed E-state index contributed by atoms with van der Waals surface area (Å²) < 4.78 is 13.1. The standard InChI is InChI=1S/C29H35N3O4/c1-29(28(34)30-22-11-5-3-4-6-12-22)20-31-23(26-14-9-19-36-26)15-16-24(31)27(33)32(29)18-17-21-10-7-8-13-25(21)35-2/h7-10,13-16,19,22H,3-6,11-12,17-18,20H2,1-2H3,(H,30,34). The lowest BCUT2D eigenvalue weighted by Crippen LogP contribution is -2.65. The molecule has 1 atom stereocenters. The second kappa shape index (κ2) is 10.2. The summed E-state index contributed by atoms with van der Waals surface area (Å²) in [6, 6.07) is 15.4. The molecule has 1 aliphatic carbocycles. The van der Waals surface area contributed by atoms with Gasteiger partial charge in [0.2, 0.25) is 5.91 Å². The SMILES string of the molecule is COc1ccccc1CCN1C(=O)c2ccc(-c3ccco3)n2CC1(C)C(=O)NC1CCCCCC1. The Kier molecular flexibility index (Phi) is 6.90. The molecule has 7 heteroatoms. The van der Waals surface area contributed by atoms with E-state index >= 15 is 0 Å². The summed E-state index contributed by atoms with van der Waals surface area (Å²) in [5.41, 5.74) is 1.35. The minimum Gasteiger partial charge on any atom is -0.496 e. The van der Waals surface area contributed by atoms with Gasteiger partial charge in [0.25, 0.3) is 5.91 Å². The van der Waals surface area contributed by atoms with Crippen molar-refractivity contribution in [2.75, 3.05) is 13.7 Å². The second-order valence-electron chi connectivity index (χ2n) is 10.1. The van der Waals surface area contributed by atoms with Crippen molar-refractivity contribution in [3.8, 4) is 17.2 Å². The zero-order chi connectivity index (χ0) is 25.1. The molecule has 2 amide bonds. The monoisotopic (exact) mass is 489 g/mol. The maximum Gasteiger partial charge on any atom is 0.271 e. The third-order valence-corrected chi connectivity index (χ3v) is 7.76. The maximum atomic E-state index is 14.0. The zero-order valence-electron chi connectivity index (χ0n) is 21.2. The maximum absolute atomic E-state index is 14.0. The Morgan fingerprint density at radius 3 is 2.53 bits per heavy atom. The van der Waals surface area contributed by atoms with Gasteiger partial charge < -0.3 is 23.9 Å². The molecule has 2 aromatic heterocycles. The summed E-state index contributed by atoms with van der Waals surface area (Å²) in [5, 5.41) is 3.32. The zero-order valence-corrected chi connectivity index (χ0v) is 21.2. The van der Waals surface area contributed by atoms with E-state index in [-0.39, 0.29) is 17.9 Å². The largest absolute Gasteiger partial charge is 0.496 e. The molecule has 2 aliphatic rings. The van der Waals surface area contributed by atoms with Crippen LogP contribution in [0.15, 0.2) is 59.2 Å². The Hall–Kier alpha value is -3.48. The molecule has 36 heavy (non-hydrogen) atoms. The molecule has 0 spiro atoms. The van der Waals surface area contributed by atoms with Crippen LogP contribution in [0.25, 0.3) is 11.5 Å². The van der Waals surface area contributed by atoms with Gasteiger partial charge in [-0.15, -0.1) is 0 Å². The molecule has 1 fully saturated rings. The highest BCUT2D eigenvalue weighted by Crippen LogP contribution is 2.34. The summed E-state index contributed by atoms with van der Waals surface area (Å²) >= 11 is 0. The minimum atomic E-state index is -1.04. The van der Waals surface area contributed by atoms with E-state index in [0.717, 1.165) is 42.7 Å². The average molecular weight is 490 g/mol. The fourth-order valence-electron chi connectivity index (χ4n) is 5.67. The summed E-state index contributed by atoms with van der Waals surface area (Å²) in [5.74, 6) is 1.23. The van der Waals surface area contributed by atoms with E-state index in [0.29, 0.717) is 31.0 Å². The molecular weight excluding hydrogens is 454 g/mol. The molecule has 1 N–H and O–H groups in total. The van der Waals surface area contributed by atoms with Gasteiger partial charge in [-0.05, 0) is 62.1 Å². The molecule has 190 valence electrons. The minimum absolute atomic E-state index is 0.0903. The molecular formula is C29H35N3O4. The van der Waals surface area contributed by atoms with Crippen molar-refractivity contribution in [2.24, 2.45) is 0 Å². The molecule has 1 unspecified atom stereocenters. The summed E-state index contributed by atoms with van der Waals surface area (Å²) in [7, 11) is 1.65. The normalized spacial score (nSPS) is 20.6. The molecule has 1 aliphatic heterocycles. The Bertz CT molecular complexity index is 1210. The number of fused-ring (bicyclic) bond motifs is 1. The molecule has 1 saturated carbocycles. The van der Waals surface area contributed by atoms with Crippen molar-refractivity contribution < 1.29 is 18.7 Å². The van der Waals surface area contributed by atoms with Crippen LogP contribution in [0.4, 0.5) is 0 Å². The number of furan rings is 1. The van der Waals surface area contributed by atoms with Gasteiger partial charge in [0, 0.05) is 12.6 Å². The Balaban J connectivity index is 1.47. The van der Waals surface area contributed by atoms with Gasteiger partial charge in [-0.25, -0.2) is 0 Å². The first-order valence-corrected chi connectivity index (χ1v) is 13.0. The molecule has 7 nitrogen and oxygen atoms in total. The van der Waals surface area contributed by atoms with E-state index < -0.39 is 5.54 Å². The number of rotatable bonds is 7. The van der Waals surface area contributed by atoms with Crippen molar-refractivity contribution in [3.05, 3.63) is 66.1 Å². The van der Waals surface area contributed by atoms with E-state index in [1.165, 1.54) is 12.8 Å². The molecule has 1 aromatic carbocycles. The first-order chi connectivity index (χ1) is 17.5. The number of para-hydroxylation sites is 1. The Morgan fingerprint density at radius 2 is 1.81 bits per heavy atom. The smallest absolute Gasteiger partial charge is 0.271 e. The van der Waals surface area contributed by atoms with Gasteiger partial charge in [0.1, 0.15) is 22.7 Å². The van der Waals surface area contributed by atoms with Crippen molar-refractivity contribution in [1.82, 2.24) is 14.8 Å². The van der Waals surface area contributed by atoms with Crippen molar-refractivity contribution >= 4 is 11.8 Å². The number of benzene rings is 1. The van der Waals surface area contributed by atoms with E-state index in [9.17, 15) is 9.59 Å². The lowest BCUT2D eigenvalue weighted by Gasteiger charge is -2.45. The van der Waals surface area contributed by atoms with Crippen LogP contribution in [-0.2, 0) is 17.8 Å². The number of ether oxygens (including phenoxy) is 1. The quantitative estimate of drug-likeness (QED) is 0.471. The second-order valence-corrected chi connectivity index (χ2v) is 10.1. The first kappa shape index (κ1) is 24.2. The summed E-state index contributed by atoms with van der Waals surface area (Å²) in [6.45, 7) is 2.67. The van der Waals surface area contributed by atoms with E-state index in [1.807, 2.05) is 60.0 Å². The molecule has 3 aromatic rings. The van der Waals surface area contributed by atoms with Crippen LogP contribution in [0.5, 0.6) is 5.75 Å². The van der Waals surface area contributed by atoms with E-state index in [2.05, 4.69) is 5.32 Å². The topological polar surface area (TPSA) is 76.7 Å². The first-order valence-electron chi connectivity index (χ1n) is 13.0. The van der Waals surface area contributed by atoms with Crippen LogP contribution in [-0.4, -0.2) is 46.5 Å². The van der Waals surface area contributed by atoms with Crippen LogP contribution in [0.3, 0.4) is 0 Å². The number of aromatic nitrogens is 1. The summed E-state index contributed by atoms with van der Waals surface area (Å²) in [4.78, 5) is 29.6. The third kappa shape index (κ3) is 4.54. The van der Waals surface area contributed by atoms with Crippen molar-refractivity contribution in [1.29, 1.82) is 0 Å². The molecule has 0 saturated heterocycles. The van der Waals surface area contributed by atoms with Gasteiger partial charge in [0.15, 0.2) is 0 Å². The van der Waals surface area contributed by atoms with Gasteiger partial charge in [0.05, 0.1) is 25.6 Å². The highest BCUT2D eigenvalue weighted by molar-refractivity contribution is 6.00. The molecule has 0 bridgehead atoms. The number of carbonyl (C=O) groups is 2. The Morgan fingerprint density at radius 1 is 1.06 bits per heavy atom. The van der Waals surface area contributed by atoms with Crippen LogP contribution >= 0.6 is 0 Å². The molecule has 3 heterocycles. The predicted octanol–water partition coefficient (Wildman–Crippen LogP) is 5.05. The third-order valence-electron chi connectivity index (χ3n) is 7.76. The van der Waals surface area contributed by atoms with Crippen molar-refractivity contribution in [2.45, 2.75) is 70.0 Å². The van der Waals surface area contributed by atoms with Gasteiger partial charge in [-0.1, -0.05) is 43.9 Å². The molecule has 0 radical (unpaired) electrons. The lowest BCUT2D eigenvalue weighted by atomic mass is 9.92. The van der Waals surface area contributed by atoms with Crippen molar-refractivity contribution in [3.63, 3.8) is 0 Å². The van der Waals surface area contributed by atoms with Crippen LogP contribution in [0.1, 0.15) is 61.5 Å².